The maximum absolute atomic E-state index is 12.8. The molecule has 2 amide bonds. The van der Waals surface area contributed by atoms with Crippen LogP contribution in [0.5, 0.6) is 17.2 Å². The van der Waals surface area contributed by atoms with Gasteiger partial charge in [0.25, 0.3) is 0 Å². The summed E-state index contributed by atoms with van der Waals surface area (Å²) in [6.45, 7) is 2.21. The fraction of sp³-hybridized carbons (Fsp3) is 0.292. The number of likely N-dealkylation sites (N-methyl/N-ethyl adjacent to an activating group) is 1. The number of hydrogen-bond donors (Lipinski definition) is 1. The Balaban J connectivity index is 1.62. The highest BCUT2D eigenvalue weighted by atomic mass is 32.1. The van der Waals surface area contributed by atoms with Crippen molar-refractivity contribution in [3.63, 3.8) is 0 Å². The number of ether oxygens (including phenoxy) is 3. The highest BCUT2D eigenvalue weighted by molar-refractivity contribution is 7.13. The average molecular weight is 470 g/mol. The van der Waals surface area contributed by atoms with Crippen LogP contribution in [-0.2, 0) is 16.0 Å². The molecule has 3 aromatic rings. The molecule has 8 nitrogen and oxygen atoms in total. The zero-order valence-electron chi connectivity index (χ0n) is 19.1. The van der Waals surface area contributed by atoms with Gasteiger partial charge < -0.3 is 24.4 Å². The molecule has 9 heteroatoms. The molecule has 1 heterocycles. The number of rotatable bonds is 10. The molecular formula is C24H27N3O5S. The SMILES string of the molecule is CCN(CC(=O)Nc1cccc(OC)c1)C(=O)Cc1csc(-c2ccc(OC)c(OC)c2)n1. The van der Waals surface area contributed by atoms with Gasteiger partial charge >= 0.3 is 0 Å². The van der Waals surface area contributed by atoms with Gasteiger partial charge in [0.05, 0.1) is 40.0 Å². The molecule has 0 saturated heterocycles. The lowest BCUT2D eigenvalue weighted by molar-refractivity contribution is -0.133. The van der Waals surface area contributed by atoms with E-state index in [4.69, 9.17) is 14.2 Å². The fourth-order valence-corrected chi connectivity index (χ4v) is 4.02. The van der Waals surface area contributed by atoms with E-state index in [0.717, 1.165) is 10.6 Å². The summed E-state index contributed by atoms with van der Waals surface area (Å²) in [5.41, 5.74) is 2.14. The van der Waals surface area contributed by atoms with Crippen LogP contribution in [-0.4, -0.2) is 56.1 Å². The van der Waals surface area contributed by atoms with Crippen LogP contribution in [0.2, 0.25) is 0 Å². The number of methoxy groups -OCH3 is 3. The minimum atomic E-state index is -0.275. The Morgan fingerprint density at radius 3 is 2.52 bits per heavy atom. The van der Waals surface area contributed by atoms with Gasteiger partial charge in [-0.2, -0.15) is 0 Å². The van der Waals surface area contributed by atoms with Crippen molar-refractivity contribution in [3.05, 3.63) is 53.5 Å². The van der Waals surface area contributed by atoms with Crippen LogP contribution in [0.3, 0.4) is 0 Å². The van der Waals surface area contributed by atoms with Crippen LogP contribution in [0.25, 0.3) is 10.6 Å². The second-order valence-corrected chi connectivity index (χ2v) is 7.94. The van der Waals surface area contributed by atoms with E-state index in [1.807, 2.05) is 30.5 Å². The van der Waals surface area contributed by atoms with Gasteiger partial charge in [0.2, 0.25) is 11.8 Å². The van der Waals surface area contributed by atoms with E-state index in [2.05, 4.69) is 10.3 Å². The molecule has 1 aromatic heterocycles. The lowest BCUT2D eigenvalue weighted by Crippen LogP contribution is -2.38. The molecule has 174 valence electrons. The van der Waals surface area contributed by atoms with Crippen molar-refractivity contribution in [2.45, 2.75) is 13.3 Å². The predicted molar refractivity (Wildman–Crippen MR) is 128 cm³/mol. The molecular weight excluding hydrogens is 442 g/mol. The fourth-order valence-electron chi connectivity index (χ4n) is 3.21. The maximum Gasteiger partial charge on any atom is 0.243 e. The Labute approximate surface area is 197 Å². The molecule has 0 spiro atoms. The summed E-state index contributed by atoms with van der Waals surface area (Å²) in [7, 11) is 4.73. The van der Waals surface area contributed by atoms with Gasteiger partial charge in [-0.05, 0) is 37.3 Å². The lowest BCUT2D eigenvalue weighted by atomic mass is 10.2. The van der Waals surface area contributed by atoms with Gasteiger partial charge in [0.15, 0.2) is 11.5 Å². The highest BCUT2D eigenvalue weighted by Crippen LogP contribution is 2.33. The zero-order chi connectivity index (χ0) is 23.8. The number of aromatic nitrogens is 1. The summed E-state index contributed by atoms with van der Waals surface area (Å²) in [5.74, 6) is 1.45. The lowest BCUT2D eigenvalue weighted by Gasteiger charge is -2.20. The number of amides is 2. The molecule has 0 atom stereocenters. The minimum Gasteiger partial charge on any atom is -0.497 e. The first kappa shape index (κ1) is 24.1. The molecule has 2 aromatic carbocycles. The summed E-state index contributed by atoms with van der Waals surface area (Å²) >= 11 is 1.45. The van der Waals surface area contributed by atoms with Crippen molar-refractivity contribution >= 4 is 28.8 Å². The van der Waals surface area contributed by atoms with Gasteiger partial charge in [0, 0.05) is 29.2 Å². The Bertz CT molecular complexity index is 1110. The summed E-state index contributed by atoms with van der Waals surface area (Å²) in [5, 5.41) is 5.43. The highest BCUT2D eigenvalue weighted by Gasteiger charge is 2.18. The van der Waals surface area contributed by atoms with E-state index >= 15 is 0 Å². The topological polar surface area (TPSA) is 90.0 Å². The number of nitrogens with one attached hydrogen (secondary N) is 1. The summed E-state index contributed by atoms with van der Waals surface area (Å²) in [6, 6.07) is 12.6. The molecule has 0 unspecified atom stereocenters. The summed E-state index contributed by atoms with van der Waals surface area (Å²) in [4.78, 5) is 31.4. The standard InChI is InChI=1S/C24H27N3O5S/c1-5-27(14-22(28)25-17-7-6-8-19(12-17)30-2)23(29)13-18-15-33-24(26-18)16-9-10-20(31-3)21(11-16)32-4/h6-12,15H,5,13-14H2,1-4H3,(H,25,28). The molecule has 3 rings (SSSR count). The first-order valence-electron chi connectivity index (χ1n) is 10.4. The molecule has 0 fully saturated rings. The van der Waals surface area contributed by atoms with Crippen molar-refractivity contribution in [2.24, 2.45) is 0 Å². The molecule has 33 heavy (non-hydrogen) atoms. The largest absolute Gasteiger partial charge is 0.497 e. The average Bonchev–Trinajstić information content (AvgIpc) is 3.30. The van der Waals surface area contributed by atoms with Crippen LogP contribution < -0.4 is 19.5 Å². The monoisotopic (exact) mass is 469 g/mol. The Hall–Kier alpha value is -3.59. The summed E-state index contributed by atoms with van der Waals surface area (Å²) < 4.78 is 15.8. The smallest absolute Gasteiger partial charge is 0.243 e. The van der Waals surface area contributed by atoms with Crippen LogP contribution in [0.15, 0.2) is 47.8 Å². The number of benzene rings is 2. The second kappa shape index (κ2) is 11.3. The third kappa shape index (κ3) is 6.23. The third-order valence-electron chi connectivity index (χ3n) is 4.94. The first-order chi connectivity index (χ1) is 16.0. The van der Waals surface area contributed by atoms with E-state index in [-0.39, 0.29) is 24.8 Å². The summed E-state index contributed by atoms with van der Waals surface area (Å²) in [6.07, 6.45) is 0.115. The zero-order valence-corrected chi connectivity index (χ0v) is 19.9. The van der Waals surface area contributed by atoms with Crippen molar-refractivity contribution in [3.8, 4) is 27.8 Å². The van der Waals surface area contributed by atoms with E-state index in [9.17, 15) is 9.59 Å². The van der Waals surface area contributed by atoms with Crippen LogP contribution in [0, 0.1) is 0 Å². The third-order valence-corrected chi connectivity index (χ3v) is 5.88. The molecule has 0 bridgehead atoms. The Morgan fingerprint density at radius 2 is 1.82 bits per heavy atom. The maximum atomic E-state index is 12.8. The van der Waals surface area contributed by atoms with Crippen LogP contribution >= 0.6 is 11.3 Å². The van der Waals surface area contributed by atoms with Gasteiger partial charge in [-0.1, -0.05) is 6.07 Å². The number of hydrogen-bond acceptors (Lipinski definition) is 7. The minimum absolute atomic E-state index is 0.0424. The molecule has 0 saturated carbocycles. The molecule has 0 aliphatic heterocycles. The number of nitrogens with zero attached hydrogens (tertiary/aromatic N) is 2. The van der Waals surface area contributed by atoms with Crippen molar-refractivity contribution < 1.29 is 23.8 Å². The quantitative estimate of drug-likeness (QED) is 0.485. The normalized spacial score (nSPS) is 10.4. The Morgan fingerprint density at radius 1 is 1.03 bits per heavy atom. The van der Waals surface area contributed by atoms with E-state index < -0.39 is 0 Å². The van der Waals surface area contributed by atoms with Crippen molar-refractivity contribution in [1.82, 2.24) is 9.88 Å². The number of thiazole rings is 1. The van der Waals surface area contributed by atoms with E-state index in [1.165, 1.54) is 16.2 Å². The molecule has 1 N–H and O–H groups in total. The Kier molecular flexibility index (Phi) is 8.26. The predicted octanol–water partition coefficient (Wildman–Crippen LogP) is 3.87. The first-order valence-corrected chi connectivity index (χ1v) is 11.2. The van der Waals surface area contributed by atoms with Gasteiger partial charge in [-0.3, -0.25) is 9.59 Å². The van der Waals surface area contributed by atoms with Crippen LogP contribution in [0.1, 0.15) is 12.6 Å². The molecule has 0 radical (unpaired) electrons. The van der Waals surface area contributed by atoms with E-state index in [0.29, 0.717) is 35.2 Å². The molecule has 0 aliphatic rings. The van der Waals surface area contributed by atoms with Gasteiger partial charge in [0.1, 0.15) is 10.8 Å². The second-order valence-electron chi connectivity index (χ2n) is 7.08. The number of anilines is 1. The molecule has 0 aliphatic carbocycles. The van der Waals surface area contributed by atoms with Gasteiger partial charge in [-0.15, -0.1) is 11.3 Å². The van der Waals surface area contributed by atoms with E-state index in [1.54, 1.807) is 45.6 Å². The number of carbonyl (C=O) groups excluding carboxylic acids is 2. The van der Waals surface area contributed by atoms with Crippen LogP contribution in [0.4, 0.5) is 5.69 Å². The van der Waals surface area contributed by atoms with Crippen molar-refractivity contribution in [2.75, 3.05) is 39.7 Å². The van der Waals surface area contributed by atoms with Gasteiger partial charge in [-0.25, -0.2) is 4.98 Å². The number of carbonyl (C=O) groups is 2. The van der Waals surface area contributed by atoms with Crippen molar-refractivity contribution in [1.29, 1.82) is 0 Å².